The Hall–Kier alpha value is -2.10. The molecule has 0 unspecified atom stereocenters. The van der Waals surface area contributed by atoms with Crippen molar-refractivity contribution in [2.24, 2.45) is 17.3 Å². The van der Waals surface area contributed by atoms with Crippen LogP contribution in [0.2, 0.25) is 0 Å². The fourth-order valence-electron chi connectivity index (χ4n) is 5.17. The van der Waals surface area contributed by atoms with E-state index in [1.165, 1.54) is 19.3 Å². The fourth-order valence-corrected chi connectivity index (χ4v) is 5.17. The zero-order chi connectivity index (χ0) is 21.7. The van der Waals surface area contributed by atoms with Gasteiger partial charge in [-0.1, -0.05) is 33.1 Å². The van der Waals surface area contributed by atoms with E-state index in [4.69, 9.17) is 0 Å². The number of likely N-dealkylation sites (tertiary alicyclic amines) is 1. The first-order valence-corrected chi connectivity index (χ1v) is 11.6. The number of rotatable bonds is 6. The van der Waals surface area contributed by atoms with Crippen LogP contribution in [0.3, 0.4) is 0 Å². The lowest BCUT2D eigenvalue weighted by Gasteiger charge is -2.43. The van der Waals surface area contributed by atoms with Crippen LogP contribution in [0.5, 0.6) is 0 Å². The Morgan fingerprint density at radius 2 is 2.00 bits per heavy atom. The second-order valence-electron chi connectivity index (χ2n) is 10.1. The van der Waals surface area contributed by atoms with Crippen molar-refractivity contribution >= 4 is 17.7 Å². The molecule has 2 N–H and O–H groups in total. The maximum absolute atomic E-state index is 13.2. The molecular weight excluding hydrogens is 380 g/mol. The van der Waals surface area contributed by atoms with Crippen molar-refractivity contribution in [3.63, 3.8) is 0 Å². The molecule has 2 aliphatic heterocycles. The molecule has 1 saturated carbocycles. The predicted molar refractivity (Wildman–Crippen MR) is 113 cm³/mol. The van der Waals surface area contributed by atoms with Crippen LogP contribution >= 0.6 is 0 Å². The molecule has 7 nitrogen and oxygen atoms in total. The molecule has 0 radical (unpaired) electrons. The molecule has 1 aliphatic carbocycles. The van der Waals surface area contributed by atoms with Gasteiger partial charge in [0.1, 0.15) is 12.1 Å². The summed E-state index contributed by atoms with van der Waals surface area (Å²) in [4.78, 5) is 39.9. The van der Waals surface area contributed by atoms with Gasteiger partial charge in [0.05, 0.1) is 6.07 Å². The lowest BCUT2D eigenvalue weighted by Crippen LogP contribution is -2.56. The van der Waals surface area contributed by atoms with E-state index in [9.17, 15) is 19.6 Å². The molecule has 3 rings (SSSR count). The number of nitriles is 1. The van der Waals surface area contributed by atoms with Crippen molar-refractivity contribution in [1.29, 1.82) is 5.26 Å². The molecule has 3 atom stereocenters. The van der Waals surface area contributed by atoms with Crippen LogP contribution in [0.1, 0.15) is 78.1 Å². The van der Waals surface area contributed by atoms with Crippen LogP contribution < -0.4 is 10.6 Å². The van der Waals surface area contributed by atoms with Crippen LogP contribution in [0.25, 0.3) is 0 Å². The third-order valence-corrected chi connectivity index (χ3v) is 7.12. The normalized spacial score (nSPS) is 27.8. The first-order valence-electron chi connectivity index (χ1n) is 11.6. The minimum atomic E-state index is -0.716. The van der Waals surface area contributed by atoms with E-state index < -0.39 is 12.1 Å². The van der Waals surface area contributed by atoms with Crippen LogP contribution in [0.4, 0.5) is 0 Å². The molecule has 166 valence electrons. The summed E-state index contributed by atoms with van der Waals surface area (Å²) in [5.41, 5.74) is -0.0307. The Bertz CT molecular complexity index is 693. The fraction of sp³-hybridized carbons (Fsp3) is 0.826. The van der Waals surface area contributed by atoms with Gasteiger partial charge in [0.15, 0.2) is 0 Å². The molecule has 0 spiro atoms. The summed E-state index contributed by atoms with van der Waals surface area (Å²) in [5.74, 6) is -0.0436. The summed E-state index contributed by atoms with van der Waals surface area (Å²) >= 11 is 0. The van der Waals surface area contributed by atoms with Gasteiger partial charge in [-0.15, -0.1) is 0 Å². The highest BCUT2D eigenvalue weighted by atomic mass is 16.2. The summed E-state index contributed by atoms with van der Waals surface area (Å²) in [6.45, 7) is 5.45. The van der Waals surface area contributed by atoms with Crippen LogP contribution in [0.15, 0.2) is 0 Å². The lowest BCUT2D eigenvalue weighted by molar-refractivity contribution is -0.145. The van der Waals surface area contributed by atoms with Crippen molar-refractivity contribution in [2.45, 2.75) is 90.1 Å². The van der Waals surface area contributed by atoms with Crippen LogP contribution in [-0.2, 0) is 14.4 Å². The smallest absolute Gasteiger partial charge is 0.243 e. The highest BCUT2D eigenvalue weighted by molar-refractivity contribution is 5.88. The first-order chi connectivity index (χ1) is 14.3. The van der Waals surface area contributed by atoms with Crippen molar-refractivity contribution in [3.8, 4) is 6.07 Å². The first kappa shape index (κ1) is 22.6. The van der Waals surface area contributed by atoms with E-state index in [-0.39, 0.29) is 29.1 Å². The topological polar surface area (TPSA) is 102 Å². The predicted octanol–water partition coefficient (Wildman–Crippen LogP) is 2.51. The quantitative estimate of drug-likeness (QED) is 0.694. The minimum absolute atomic E-state index is 0.0307. The maximum Gasteiger partial charge on any atom is 0.243 e. The molecular formula is C23H36N4O3. The maximum atomic E-state index is 13.2. The van der Waals surface area contributed by atoms with Crippen LogP contribution in [-0.4, -0.2) is 47.8 Å². The van der Waals surface area contributed by atoms with E-state index >= 15 is 0 Å². The van der Waals surface area contributed by atoms with Gasteiger partial charge in [-0.2, -0.15) is 5.26 Å². The van der Waals surface area contributed by atoms with E-state index in [1.807, 2.05) is 0 Å². The molecule has 2 heterocycles. The molecule has 0 aromatic carbocycles. The number of nitrogens with one attached hydrogen (secondary N) is 2. The van der Waals surface area contributed by atoms with Crippen molar-refractivity contribution in [2.75, 3.05) is 13.1 Å². The number of hydrogen-bond donors (Lipinski definition) is 2. The largest absolute Gasteiger partial charge is 0.356 e. The molecule has 3 amide bonds. The molecule has 3 fully saturated rings. The van der Waals surface area contributed by atoms with Gasteiger partial charge >= 0.3 is 0 Å². The number of amides is 3. The van der Waals surface area contributed by atoms with E-state index in [1.54, 1.807) is 4.90 Å². The SMILES string of the molecule is CC1(C)CCN(C(=O)CC2CCCCC2)[C@H](C(=O)N[C@H](C#N)C[C@@H]2CCNC2=O)C1. The number of carbonyl (C=O) groups excluding carboxylic acids is 3. The Morgan fingerprint density at radius 3 is 2.63 bits per heavy atom. The Labute approximate surface area is 179 Å². The number of hydrogen-bond acceptors (Lipinski definition) is 4. The Morgan fingerprint density at radius 1 is 1.27 bits per heavy atom. The van der Waals surface area contributed by atoms with Gasteiger partial charge in [-0.05, 0) is 49.9 Å². The summed E-state index contributed by atoms with van der Waals surface area (Å²) in [7, 11) is 0. The van der Waals surface area contributed by atoms with E-state index in [0.717, 1.165) is 19.3 Å². The summed E-state index contributed by atoms with van der Waals surface area (Å²) in [5, 5.41) is 15.1. The third-order valence-electron chi connectivity index (χ3n) is 7.12. The molecule has 3 aliphatic rings. The monoisotopic (exact) mass is 416 g/mol. The van der Waals surface area contributed by atoms with E-state index in [0.29, 0.717) is 44.7 Å². The summed E-state index contributed by atoms with van der Waals surface area (Å²) in [6, 6.07) is 0.875. The standard InChI is InChI=1S/C23H36N4O3/c1-23(2)9-11-27(20(28)12-16-6-4-3-5-7-16)19(14-23)22(30)26-18(15-24)13-17-8-10-25-21(17)29/h16-19H,3-14H2,1-2H3,(H,25,29)(H,26,30)/t17-,18-,19-/m0/s1. The average Bonchev–Trinajstić information content (AvgIpc) is 3.11. The van der Waals surface area contributed by atoms with Gasteiger partial charge in [-0.25, -0.2) is 0 Å². The van der Waals surface area contributed by atoms with Gasteiger partial charge in [-0.3, -0.25) is 14.4 Å². The molecule has 0 aromatic rings. The van der Waals surface area contributed by atoms with Crippen LogP contribution in [0, 0.1) is 28.6 Å². The zero-order valence-corrected chi connectivity index (χ0v) is 18.4. The Kier molecular flexibility index (Phi) is 7.38. The number of nitrogens with zero attached hydrogens (tertiary/aromatic N) is 2. The minimum Gasteiger partial charge on any atom is -0.356 e. The lowest BCUT2D eigenvalue weighted by atomic mass is 9.78. The number of piperidine rings is 1. The summed E-state index contributed by atoms with van der Waals surface area (Å²) < 4.78 is 0. The van der Waals surface area contributed by atoms with E-state index in [2.05, 4.69) is 30.6 Å². The molecule has 30 heavy (non-hydrogen) atoms. The van der Waals surface area contributed by atoms with Gasteiger partial charge < -0.3 is 15.5 Å². The highest BCUT2D eigenvalue weighted by Gasteiger charge is 2.41. The van der Waals surface area contributed by atoms with Gasteiger partial charge in [0.2, 0.25) is 17.7 Å². The molecule has 0 aromatic heterocycles. The third kappa shape index (κ3) is 5.74. The van der Waals surface area contributed by atoms with Crippen molar-refractivity contribution in [3.05, 3.63) is 0 Å². The second-order valence-corrected chi connectivity index (χ2v) is 10.1. The Balaban J connectivity index is 1.64. The zero-order valence-electron chi connectivity index (χ0n) is 18.4. The second kappa shape index (κ2) is 9.80. The summed E-state index contributed by atoms with van der Waals surface area (Å²) in [6.07, 6.45) is 8.82. The van der Waals surface area contributed by atoms with Crippen molar-refractivity contribution in [1.82, 2.24) is 15.5 Å². The molecule has 7 heteroatoms. The van der Waals surface area contributed by atoms with Crippen molar-refractivity contribution < 1.29 is 14.4 Å². The van der Waals surface area contributed by atoms with Gasteiger partial charge in [0, 0.05) is 25.4 Å². The highest BCUT2D eigenvalue weighted by Crippen LogP contribution is 2.35. The average molecular weight is 417 g/mol. The van der Waals surface area contributed by atoms with Gasteiger partial charge in [0.25, 0.3) is 0 Å². The molecule has 2 saturated heterocycles. The number of carbonyl (C=O) groups is 3. The molecule has 0 bridgehead atoms.